The molecule has 2 N–H and O–H groups in total. The van der Waals surface area contributed by atoms with Gasteiger partial charge in [-0.1, -0.05) is 0 Å². The second kappa shape index (κ2) is 5.15. The summed E-state index contributed by atoms with van der Waals surface area (Å²) in [6.45, 7) is 8.69. The molecule has 118 valence electrons. The third-order valence-electron chi connectivity index (χ3n) is 4.29. The van der Waals surface area contributed by atoms with Crippen LogP contribution in [0.25, 0.3) is 0 Å². The molecule has 0 bridgehead atoms. The van der Waals surface area contributed by atoms with Crippen molar-refractivity contribution in [3.63, 3.8) is 0 Å². The molecule has 0 saturated carbocycles. The normalized spacial score (nSPS) is 17.7. The van der Waals surface area contributed by atoms with Gasteiger partial charge in [-0.15, -0.1) is 0 Å². The Morgan fingerprint density at radius 3 is 2.73 bits per heavy atom. The molecule has 1 atom stereocenters. The Kier molecular flexibility index (Phi) is 3.42. The van der Waals surface area contributed by atoms with Crippen LogP contribution in [-0.2, 0) is 11.3 Å². The van der Waals surface area contributed by atoms with E-state index in [9.17, 15) is 9.59 Å². The zero-order valence-electron chi connectivity index (χ0n) is 13.3. The zero-order valence-corrected chi connectivity index (χ0v) is 13.3. The van der Waals surface area contributed by atoms with Crippen molar-refractivity contribution < 1.29 is 4.79 Å². The number of nitrogens with zero attached hydrogens (tertiary/aromatic N) is 3. The predicted octanol–water partition coefficient (Wildman–Crippen LogP) is 1.76. The summed E-state index contributed by atoms with van der Waals surface area (Å²) in [7, 11) is 0. The SMILES string of the molecule is CCn1ncc([C@H]2CC(=O)Nc3c2c(=O)[nH]n3C(C)C)c1C. The lowest BCUT2D eigenvalue weighted by atomic mass is 9.87. The molecule has 1 aliphatic heterocycles. The number of aryl methyl sites for hydroxylation is 1. The second-order valence-corrected chi connectivity index (χ2v) is 5.97. The van der Waals surface area contributed by atoms with Gasteiger partial charge in [0.05, 0.1) is 11.8 Å². The molecule has 0 radical (unpaired) electrons. The number of carbonyl (C=O) groups excluding carboxylic acids is 1. The summed E-state index contributed by atoms with van der Waals surface area (Å²) in [6, 6.07) is 0.0648. The van der Waals surface area contributed by atoms with E-state index in [1.807, 2.05) is 32.4 Å². The largest absolute Gasteiger partial charge is 0.311 e. The first-order valence-corrected chi connectivity index (χ1v) is 7.60. The lowest BCUT2D eigenvalue weighted by Crippen LogP contribution is -2.27. The minimum absolute atomic E-state index is 0.0648. The van der Waals surface area contributed by atoms with Crippen molar-refractivity contribution in [3.05, 3.63) is 33.4 Å². The summed E-state index contributed by atoms with van der Waals surface area (Å²) >= 11 is 0. The van der Waals surface area contributed by atoms with Gasteiger partial charge in [-0.3, -0.25) is 24.1 Å². The molecule has 3 heterocycles. The van der Waals surface area contributed by atoms with E-state index in [4.69, 9.17) is 0 Å². The highest BCUT2D eigenvalue weighted by Crippen LogP contribution is 2.36. The molecular formula is C15H21N5O2. The van der Waals surface area contributed by atoms with E-state index in [1.54, 1.807) is 10.9 Å². The van der Waals surface area contributed by atoms with E-state index in [2.05, 4.69) is 15.5 Å². The Hall–Kier alpha value is -2.31. The molecule has 7 heteroatoms. The van der Waals surface area contributed by atoms with Crippen LogP contribution in [0.15, 0.2) is 11.0 Å². The summed E-state index contributed by atoms with van der Waals surface area (Å²) in [4.78, 5) is 24.5. The standard InChI is InChI=1S/C15H21N5O2/c1-5-19-9(4)11(7-16-19)10-6-12(21)17-14-13(10)15(22)18-20(14)8(2)3/h7-8,10H,5-6H2,1-4H3,(H,17,21)(H,18,22)/t10-/m1/s1. The Bertz CT molecular complexity index is 780. The lowest BCUT2D eigenvalue weighted by molar-refractivity contribution is -0.116. The van der Waals surface area contributed by atoms with Crippen molar-refractivity contribution in [3.8, 4) is 0 Å². The highest BCUT2D eigenvalue weighted by Gasteiger charge is 2.34. The van der Waals surface area contributed by atoms with Crippen LogP contribution in [0, 0.1) is 6.92 Å². The van der Waals surface area contributed by atoms with Crippen LogP contribution >= 0.6 is 0 Å². The van der Waals surface area contributed by atoms with E-state index < -0.39 is 0 Å². The van der Waals surface area contributed by atoms with Gasteiger partial charge in [-0.05, 0) is 27.7 Å². The monoisotopic (exact) mass is 303 g/mol. The van der Waals surface area contributed by atoms with E-state index in [1.165, 1.54) is 0 Å². The van der Waals surface area contributed by atoms with E-state index in [-0.39, 0.29) is 29.8 Å². The van der Waals surface area contributed by atoms with Gasteiger partial charge in [-0.25, -0.2) is 0 Å². The Morgan fingerprint density at radius 1 is 1.41 bits per heavy atom. The molecule has 2 aromatic rings. The summed E-state index contributed by atoms with van der Waals surface area (Å²) < 4.78 is 3.61. The van der Waals surface area contributed by atoms with Crippen LogP contribution in [0.2, 0.25) is 0 Å². The van der Waals surface area contributed by atoms with Crippen molar-refractivity contribution in [2.75, 3.05) is 5.32 Å². The van der Waals surface area contributed by atoms with E-state index >= 15 is 0 Å². The third-order valence-corrected chi connectivity index (χ3v) is 4.29. The smallest absolute Gasteiger partial charge is 0.270 e. The third kappa shape index (κ3) is 2.08. The quantitative estimate of drug-likeness (QED) is 0.906. The van der Waals surface area contributed by atoms with Gasteiger partial charge in [0.1, 0.15) is 5.82 Å². The van der Waals surface area contributed by atoms with Crippen LogP contribution in [0.5, 0.6) is 0 Å². The van der Waals surface area contributed by atoms with Crippen molar-refractivity contribution >= 4 is 11.7 Å². The molecule has 7 nitrogen and oxygen atoms in total. The molecule has 0 spiro atoms. The first kappa shape index (κ1) is 14.6. The Morgan fingerprint density at radius 2 is 2.14 bits per heavy atom. The average Bonchev–Trinajstić information content (AvgIpc) is 2.99. The number of aromatic amines is 1. The molecule has 0 aliphatic carbocycles. The fourth-order valence-electron chi connectivity index (χ4n) is 3.16. The highest BCUT2D eigenvalue weighted by atomic mass is 16.2. The fraction of sp³-hybridized carbons (Fsp3) is 0.533. The van der Waals surface area contributed by atoms with Crippen molar-refractivity contribution in [1.82, 2.24) is 19.6 Å². The molecule has 1 aliphatic rings. The topological polar surface area (TPSA) is 84.7 Å². The maximum Gasteiger partial charge on any atom is 0.270 e. The minimum atomic E-state index is -0.243. The lowest BCUT2D eigenvalue weighted by Gasteiger charge is -2.23. The number of rotatable bonds is 3. The second-order valence-electron chi connectivity index (χ2n) is 5.97. The number of H-pyrrole nitrogens is 1. The average molecular weight is 303 g/mol. The number of aromatic nitrogens is 4. The van der Waals surface area contributed by atoms with Gasteiger partial charge in [0.25, 0.3) is 5.56 Å². The number of nitrogens with one attached hydrogen (secondary N) is 2. The van der Waals surface area contributed by atoms with E-state index in [0.29, 0.717) is 11.4 Å². The molecule has 0 fully saturated rings. The maximum absolute atomic E-state index is 12.4. The summed E-state index contributed by atoms with van der Waals surface area (Å²) in [5.74, 6) is 0.271. The summed E-state index contributed by atoms with van der Waals surface area (Å²) in [5, 5.41) is 10.0. The molecule has 22 heavy (non-hydrogen) atoms. The molecular weight excluding hydrogens is 282 g/mol. The van der Waals surface area contributed by atoms with Gasteiger partial charge >= 0.3 is 0 Å². The maximum atomic E-state index is 12.4. The van der Waals surface area contributed by atoms with Crippen molar-refractivity contribution in [2.45, 2.75) is 52.6 Å². The zero-order chi connectivity index (χ0) is 16.0. The fourth-order valence-corrected chi connectivity index (χ4v) is 3.16. The van der Waals surface area contributed by atoms with Crippen LogP contribution in [0.1, 0.15) is 56.0 Å². The van der Waals surface area contributed by atoms with Gasteiger partial charge in [0.2, 0.25) is 5.91 Å². The minimum Gasteiger partial charge on any atom is -0.311 e. The Balaban J connectivity index is 2.18. The number of hydrogen-bond donors (Lipinski definition) is 2. The number of carbonyl (C=O) groups is 1. The predicted molar refractivity (Wildman–Crippen MR) is 83.2 cm³/mol. The van der Waals surface area contributed by atoms with Crippen molar-refractivity contribution in [1.29, 1.82) is 0 Å². The van der Waals surface area contributed by atoms with Crippen LogP contribution in [-0.4, -0.2) is 25.5 Å². The molecule has 0 unspecified atom stereocenters. The molecule has 0 saturated heterocycles. The van der Waals surface area contributed by atoms with Gasteiger partial charge < -0.3 is 5.32 Å². The number of anilines is 1. The first-order chi connectivity index (χ1) is 10.4. The number of hydrogen-bond acceptors (Lipinski definition) is 3. The van der Waals surface area contributed by atoms with Crippen LogP contribution in [0.3, 0.4) is 0 Å². The molecule has 0 aromatic carbocycles. The van der Waals surface area contributed by atoms with Gasteiger partial charge in [-0.2, -0.15) is 5.10 Å². The molecule has 2 aromatic heterocycles. The summed E-state index contributed by atoms with van der Waals surface area (Å²) in [5.41, 5.74) is 2.44. The number of fused-ring (bicyclic) bond motifs is 1. The van der Waals surface area contributed by atoms with Gasteiger partial charge in [0, 0.05) is 36.2 Å². The molecule has 1 amide bonds. The highest BCUT2D eigenvalue weighted by molar-refractivity contribution is 5.94. The Labute approximate surface area is 128 Å². The number of amides is 1. The van der Waals surface area contributed by atoms with E-state index in [0.717, 1.165) is 17.8 Å². The van der Waals surface area contributed by atoms with Crippen LogP contribution < -0.4 is 10.9 Å². The summed E-state index contributed by atoms with van der Waals surface area (Å²) in [6.07, 6.45) is 2.05. The van der Waals surface area contributed by atoms with Crippen LogP contribution in [0.4, 0.5) is 5.82 Å². The first-order valence-electron chi connectivity index (χ1n) is 7.60. The van der Waals surface area contributed by atoms with Crippen molar-refractivity contribution in [2.24, 2.45) is 0 Å². The van der Waals surface area contributed by atoms with Gasteiger partial charge in [0.15, 0.2) is 0 Å². The molecule has 3 rings (SSSR count).